The standard InChI is InChI=1S/C32H26F8N6O5/c1-15-6-17(8-18(7-15)31(35,36)37)25-16(2)45(29(49)51-25)12-23-21(10-41-28(43-23)44-13-30(33,34)14-44)20-9-19(4-5-24(20)50-3)46-26(32(38,39)40)22(11-42-46)27(47)48/h4-11,16,25H,12-14H2,1-3H3,(H,47,48)/t16-,25-/m0/s1. The summed E-state index contributed by atoms with van der Waals surface area (Å²) < 4.78 is 122. The monoisotopic (exact) mass is 726 g/mol. The average Bonchev–Trinajstić information content (AvgIpc) is 3.61. The molecule has 19 heteroatoms. The van der Waals surface area contributed by atoms with Crippen LogP contribution in [0.15, 0.2) is 48.8 Å². The van der Waals surface area contributed by atoms with E-state index in [2.05, 4.69) is 15.1 Å². The summed E-state index contributed by atoms with van der Waals surface area (Å²) in [4.78, 5) is 35.8. The number of halogens is 8. The van der Waals surface area contributed by atoms with Crippen LogP contribution in [-0.2, 0) is 23.6 Å². The SMILES string of the molecule is COc1ccc(-n2ncc(C(=O)O)c2C(F)(F)F)cc1-c1cnc(N2CC(F)(F)C2)nc1CN1C(=O)O[C@H](c2cc(C)cc(C(F)(F)F)c2)[C@@H]1C. The number of aryl methyl sites for hydroxylation is 1. The van der Waals surface area contributed by atoms with Crippen LogP contribution in [0.2, 0.25) is 0 Å². The molecular weight excluding hydrogens is 700 g/mol. The van der Waals surface area contributed by atoms with Gasteiger partial charge in [0.2, 0.25) is 5.95 Å². The highest BCUT2D eigenvalue weighted by molar-refractivity contribution is 5.89. The minimum absolute atomic E-state index is 0.00178. The minimum atomic E-state index is -5.14. The molecule has 0 spiro atoms. The van der Waals surface area contributed by atoms with Crippen LogP contribution in [0.25, 0.3) is 16.8 Å². The van der Waals surface area contributed by atoms with Crippen LogP contribution in [0.3, 0.4) is 0 Å². The Labute approximate surface area is 283 Å². The zero-order valence-corrected chi connectivity index (χ0v) is 26.7. The number of alkyl halides is 8. The summed E-state index contributed by atoms with van der Waals surface area (Å²) in [6.45, 7) is 1.15. The Kier molecular flexibility index (Phi) is 8.58. The van der Waals surface area contributed by atoms with Crippen LogP contribution in [0.4, 0.5) is 45.9 Å². The quantitative estimate of drug-likeness (QED) is 0.193. The number of amides is 1. The van der Waals surface area contributed by atoms with Crippen molar-refractivity contribution in [1.29, 1.82) is 0 Å². The first-order chi connectivity index (χ1) is 23.8. The van der Waals surface area contributed by atoms with E-state index in [0.717, 1.165) is 21.9 Å². The maximum atomic E-state index is 14.1. The number of anilines is 1. The molecule has 0 bridgehead atoms. The predicted molar refractivity (Wildman–Crippen MR) is 161 cm³/mol. The Morgan fingerprint density at radius 1 is 1.04 bits per heavy atom. The number of hydrogen-bond acceptors (Lipinski definition) is 8. The van der Waals surface area contributed by atoms with Crippen LogP contribution >= 0.6 is 0 Å². The van der Waals surface area contributed by atoms with Crippen LogP contribution in [-0.4, -0.2) is 74.0 Å². The van der Waals surface area contributed by atoms with E-state index in [1.165, 1.54) is 51.4 Å². The summed E-state index contributed by atoms with van der Waals surface area (Å²) in [6.07, 6.45) is -10.2. The van der Waals surface area contributed by atoms with Gasteiger partial charge in [-0.3, -0.25) is 4.90 Å². The van der Waals surface area contributed by atoms with Gasteiger partial charge in [0.25, 0.3) is 5.92 Å². The van der Waals surface area contributed by atoms with Crippen LogP contribution in [0.5, 0.6) is 5.75 Å². The van der Waals surface area contributed by atoms with E-state index in [1.54, 1.807) is 0 Å². The summed E-state index contributed by atoms with van der Waals surface area (Å²) >= 11 is 0. The van der Waals surface area contributed by atoms with E-state index in [9.17, 15) is 49.8 Å². The topological polar surface area (TPSA) is 123 Å². The molecule has 0 saturated carbocycles. The molecular formula is C32H26F8N6O5. The van der Waals surface area contributed by atoms with E-state index in [-0.39, 0.29) is 45.3 Å². The van der Waals surface area contributed by atoms with Crippen molar-refractivity contribution in [3.8, 4) is 22.6 Å². The second kappa shape index (κ2) is 12.4. The molecule has 270 valence electrons. The summed E-state index contributed by atoms with van der Waals surface area (Å²) in [5.74, 6) is -4.97. The highest BCUT2D eigenvalue weighted by Crippen LogP contribution is 2.41. The lowest BCUT2D eigenvalue weighted by molar-refractivity contribution is -0.143. The van der Waals surface area contributed by atoms with Gasteiger partial charge in [0.1, 0.15) is 17.4 Å². The zero-order chi connectivity index (χ0) is 37.2. The fourth-order valence-corrected chi connectivity index (χ4v) is 6.03. The molecule has 6 rings (SSSR count). The van der Waals surface area contributed by atoms with Crippen molar-refractivity contribution in [1.82, 2.24) is 24.6 Å². The molecule has 2 atom stereocenters. The third-order valence-corrected chi connectivity index (χ3v) is 8.44. The first-order valence-corrected chi connectivity index (χ1v) is 15.0. The molecule has 2 aliphatic heterocycles. The fraction of sp³-hybridized carbons (Fsp3) is 0.344. The highest BCUT2D eigenvalue weighted by Gasteiger charge is 2.46. The average molecular weight is 727 g/mol. The normalized spacial score (nSPS) is 18.8. The lowest BCUT2D eigenvalue weighted by atomic mass is 9.98. The van der Waals surface area contributed by atoms with Gasteiger partial charge >= 0.3 is 24.4 Å². The number of carboxylic acids is 1. The molecule has 51 heavy (non-hydrogen) atoms. The molecule has 2 aromatic carbocycles. The number of cyclic esters (lactones) is 1. The van der Waals surface area contributed by atoms with Gasteiger partial charge < -0.3 is 19.5 Å². The molecule has 2 saturated heterocycles. The fourth-order valence-electron chi connectivity index (χ4n) is 6.03. The van der Waals surface area contributed by atoms with Crippen LogP contribution in [0, 0.1) is 6.92 Å². The van der Waals surface area contributed by atoms with Crippen molar-refractivity contribution in [3.63, 3.8) is 0 Å². The number of carbonyl (C=O) groups excluding carboxylic acids is 1. The number of hydrogen-bond donors (Lipinski definition) is 1. The number of aromatic nitrogens is 4. The Bertz CT molecular complexity index is 2020. The van der Waals surface area contributed by atoms with Crippen molar-refractivity contribution in [3.05, 3.63) is 82.4 Å². The van der Waals surface area contributed by atoms with E-state index >= 15 is 0 Å². The molecule has 2 fully saturated rings. The van der Waals surface area contributed by atoms with Gasteiger partial charge in [0.05, 0.1) is 55.9 Å². The van der Waals surface area contributed by atoms with Crippen molar-refractivity contribution >= 4 is 18.0 Å². The molecule has 11 nitrogen and oxygen atoms in total. The largest absolute Gasteiger partial charge is 0.496 e. The van der Waals surface area contributed by atoms with E-state index in [1.807, 2.05) is 0 Å². The first-order valence-electron chi connectivity index (χ1n) is 15.0. The number of carbonyl (C=O) groups is 2. The van der Waals surface area contributed by atoms with E-state index < -0.39 is 78.9 Å². The summed E-state index contributed by atoms with van der Waals surface area (Å²) in [5.41, 5.74) is -3.40. The molecule has 4 aromatic rings. The molecule has 0 unspecified atom stereocenters. The third kappa shape index (κ3) is 6.71. The van der Waals surface area contributed by atoms with Crippen molar-refractivity contribution in [2.45, 2.75) is 50.8 Å². The number of aromatic carboxylic acids is 1. The van der Waals surface area contributed by atoms with E-state index in [4.69, 9.17) is 9.47 Å². The van der Waals surface area contributed by atoms with Gasteiger partial charge in [0.15, 0.2) is 5.69 Å². The van der Waals surface area contributed by atoms with Gasteiger partial charge in [-0.2, -0.15) is 31.4 Å². The molecule has 0 aliphatic carbocycles. The number of rotatable bonds is 8. The Balaban J connectivity index is 1.44. The van der Waals surface area contributed by atoms with Crippen molar-refractivity contribution in [2.24, 2.45) is 0 Å². The minimum Gasteiger partial charge on any atom is -0.496 e. The smallest absolute Gasteiger partial charge is 0.434 e. The number of methoxy groups -OCH3 is 1. The Morgan fingerprint density at radius 2 is 1.75 bits per heavy atom. The second-order valence-corrected chi connectivity index (χ2v) is 12.1. The summed E-state index contributed by atoms with van der Waals surface area (Å²) in [5, 5.41) is 13.0. The van der Waals surface area contributed by atoms with Crippen molar-refractivity contribution < 1.29 is 59.3 Å². The van der Waals surface area contributed by atoms with Gasteiger partial charge in [0, 0.05) is 17.3 Å². The first kappa shape index (κ1) is 35.3. The zero-order valence-electron chi connectivity index (χ0n) is 26.7. The van der Waals surface area contributed by atoms with Crippen LogP contribution in [0.1, 0.15) is 51.5 Å². The summed E-state index contributed by atoms with van der Waals surface area (Å²) in [7, 11) is 1.26. The lowest BCUT2D eigenvalue weighted by Gasteiger charge is -2.38. The number of carboxylic acid groups (broad SMARTS) is 1. The van der Waals surface area contributed by atoms with Crippen molar-refractivity contribution in [2.75, 3.05) is 25.1 Å². The lowest BCUT2D eigenvalue weighted by Crippen LogP contribution is -2.57. The Hall–Kier alpha value is -5.49. The number of benzene rings is 2. The van der Waals surface area contributed by atoms with Gasteiger partial charge in [-0.1, -0.05) is 11.6 Å². The second-order valence-electron chi connectivity index (χ2n) is 12.1. The van der Waals surface area contributed by atoms with Gasteiger partial charge in [-0.25, -0.2) is 33.0 Å². The number of ether oxygens (including phenoxy) is 2. The molecule has 2 aliphatic rings. The molecule has 2 aromatic heterocycles. The number of nitrogens with zero attached hydrogens (tertiary/aromatic N) is 6. The highest BCUT2D eigenvalue weighted by atomic mass is 19.4. The van der Waals surface area contributed by atoms with Crippen LogP contribution < -0.4 is 9.64 Å². The third-order valence-electron chi connectivity index (χ3n) is 8.44. The summed E-state index contributed by atoms with van der Waals surface area (Å²) in [6, 6.07) is 6.03. The van der Waals surface area contributed by atoms with Gasteiger partial charge in [-0.05, 0) is 49.7 Å². The molecule has 1 amide bonds. The predicted octanol–water partition coefficient (Wildman–Crippen LogP) is 6.92. The maximum absolute atomic E-state index is 14.1. The Morgan fingerprint density at radius 3 is 2.35 bits per heavy atom. The molecule has 1 N–H and O–H groups in total. The van der Waals surface area contributed by atoms with Gasteiger partial charge in [-0.15, -0.1) is 0 Å². The molecule has 4 heterocycles. The maximum Gasteiger partial charge on any atom is 0.434 e. The molecule has 0 radical (unpaired) electrons. The van der Waals surface area contributed by atoms with E-state index in [0.29, 0.717) is 10.9 Å².